The van der Waals surface area contributed by atoms with Gasteiger partial charge in [0.2, 0.25) is 0 Å². The van der Waals surface area contributed by atoms with Crippen LogP contribution >= 0.6 is 12.2 Å². The van der Waals surface area contributed by atoms with E-state index in [0.717, 1.165) is 12.2 Å². The minimum Gasteiger partial charge on any atom is -0.329 e. The number of aryl methyl sites for hydroxylation is 1. The second-order valence-corrected chi connectivity index (χ2v) is 5.36. The molecule has 0 amide bonds. The summed E-state index contributed by atoms with van der Waals surface area (Å²) in [6.07, 6.45) is 1.06. The fourth-order valence-electron chi connectivity index (χ4n) is 2.39. The molecule has 1 fully saturated rings. The van der Waals surface area contributed by atoms with Gasteiger partial charge < -0.3 is 4.98 Å². The number of aromatic nitrogens is 4. The Balaban J connectivity index is 2.42. The number of nitrogens with zero attached hydrogens (tertiary/aromatic N) is 2. The van der Waals surface area contributed by atoms with Crippen molar-refractivity contribution in [3.8, 4) is 0 Å². The van der Waals surface area contributed by atoms with E-state index < -0.39 is 11.2 Å². The van der Waals surface area contributed by atoms with Crippen LogP contribution in [0.25, 0.3) is 11.0 Å². The second-order valence-electron chi connectivity index (χ2n) is 4.97. The minimum atomic E-state index is -0.478. The van der Waals surface area contributed by atoms with Crippen LogP contribution in [0.1, 0.15) is 32.0 Å². The van der Waals surface area contributed by atoms with Gasteiger partial charge in [-0.2, -0.15) is 0 Å². The van der Waals surface area contributed by atoms with Crippen LogP contribution in [0.15, 0.2) is 9.59 Å². The van der Waals surface area contributed by atoms with Gasteiger partial charge in [-0.25, -0.2) is 9.78 Å². The lowest BCUT2D eigenvalue weighted by Gasteiger charge is -2.08. The molecular weight excluding hydrogens is 264 g/mol. The van der Waals surface area contributed by atoms with E-state index in [1.807, 2.05) is 6.92 Å². The summed E-state index contributed by atoms with van der Waals surface area (Å²) >= 11 is 5.20. The Labute approximate surface area is 113 Å². The van der Waals surface area contributed by atoms with Gasteiger partial charge in [0.15, 0.2) is 0 Å². The normalized spacial score (nSPS) is 21.8. The summed E-state index contributed by atoms with van der Waals surface area (Å²) in [6.45, 7) is 4.44. The van der Waals surface area contributed by atoms with Crippen molar-refractivity contribution in [3.63, 3.8) is 0 Å². The van der Waals surface area contributed by atoms with E-state index in [2.05, 4.69) is 21.9 Å². The van der Waals surface area contributed by atoms with Crippen LogP contribution in [0.3, 0.4) is 0 Å². The van der Waals surface area contributed by atoms with Crippen molar-refractivity contribution < 1.29 is 0 Å². The van der Waals surface area contributed by atoms with Crippen LogP contribution in [0, 0.1) is 10.6 Å². The second kappa shape index (κ2) is 4.12. The maximum Gasteiger partial charge on any atom is 0.329 e. The first-order valence-electron chi connectivity index (χ1n) is 6.30. The smallest absolute Gasteiger partial charge is 0.329 e. The summed E-state index contributed by atoms with van der Waals surface area (Å²) in [4.78, 5) is 33.3. The lowest BCUT2D eigenvalue weighted by molar-refractivity contribution is 0.709. The largest absolute Gasteiger partial charge is 0.329 e. The number of rotatable bonds is 2. The van der Waals surface area contributed by atoms with E-state index in [4.69, 9.17) is 12.2 Å². The molecule has 2 aromatic heterocycles. The molecule has 3 rings (SSSR count). The molecule has 2 aromatic rings. The fourth-order valence-corrected chi connectivity index (χ4v) is 2.68. The quantitative estimate of drug-likeness (QED) is 0.811. The molecule has 0 radical (unpaired) electrons. The Morgan fingerprint density at radius 1 is 1.42 bits per heavy atom. The number of H-pyrrole nitrogens is 2. The van der Waals surface area contributed by atoms with Gasteiger partial charge in [-0.05, 0) is 19.3 Å². The topological polar surface area (TPSA) is 83.5 Å². The van der Waals surface area contributed by atoms with Gasteiger partial charge in [0.25, 0.3) is 5.56 Å². The van der Waals surface area contributed by atoms with E-state index >= 15 is 0 Å². The Kier molecular flexibility index (Phi) is 2.67. The molecule has 2 heterocycles. The molecule has 0 aromatic carbocycles. The number of nitrogens with one attached hydrogen (secondary N) is 2. The zero-order valence-corrected chi connectivity index (χ0v) is 11.5. The SMILES string of the molecule is CCn1c(=O)[nH]c(=O)c2c(=S)nc(C3CC3C)[nH]c21. The third kappa shape index (κ3) is 1.85. The van der Waals surface area contributed by atoms with Crippen LogP contribution in [0.2, 0.25) is 0 Å². The molecule has 2 atom stereocenters. The summed E-state index contributed by atoms with van der Waals surface area (Å²) < 4.78 is 1.73. The Bertz CT molecular complexity index is 832. The van der Waals surface area contributed by atoms with Gasteiger partial charge in [-0.3, -0.25) is 14.3 Å². The van der Waals surface area contributed by atoms with Gasteiger partial charge in [0, 0.05) is 12.5 Å². The van der Waals surface area contributed by atoms with Crippen molar-refractivity contribution in [2.45, 2.75) is 32.7 Å². The third-order valence-corrected chi connectivity index (χ3v) is 3.95. The van der Waals surface area contributed by atoms with E-state index in [1.54, 1.807) is 0 Å². The number of fused-ring (bicyclic) bond motifs is 1. The lowest BCUT2D eigenvalue weighted by Crippen LogP contribution is -2.31. The van der Waals surface area contributed by atoms with Crippen molar-refractivity contribution in [3.05, 3.63) is 31.3 Å². The molecule has 2 N–H and O–H groups in total. The molecule has 0 bridgehead atoms. The van der Waals surface area contributed by atoms with Gasteiger partial charge in [-0.15, -0.1) is 0 Å². The summed E-state index contributed by atoms with van der Waals surface area (Å²) in [5, 5.41) is 0.286. The van der Waals surface area contributed by atoms with Crippen LogP contribution in [-0.4, -0.2) is 19.5 Å². The van der Waals surface area contributed by atoms with Crippen molar-refractivity contribution >= 4 is 23.3 Å². The van der Waals surface area contributed by atoms with Gasteiger partial charge in [0.05, 0.1) is 0 Å². The highest BCUT2D eigenvalue weighted by atomic mass is 32.1. The molecule has 2 unspecified atom stereocenters. The van der Waals surface area contributed by atoms with Crippen molar-refractivity contribution in [1.29, 1.82) is 0 Å². The molecule has 1 aliphatic rings. The van der Waals surface area contributed by atoms with Gasteiger partial charge in [0.1, 0.15) is 21.5 Å². The molecule has 0 spiro atoms. The molecular formula is C12H14N4O2S. The number of aromatic amines is 2. The number of hydrogen-bond acceptors (Lipinski definition) is 4. The molecule has 100 valence electrons. The van der Waals surface area contributed by atoms with Crippen LogP contribution in [0.5, 0.6) is 0 Å². The van der Waals surface area contributed by atoms with Crippen molar-refractivity contribution in [2.24, 2.45) is 5.92 Å². The zero-order chi connectivity index (χ0) is 13.7. The molecule has 1 saturated carbocycles. The molecule has 0 aliphatic heterocycles. The summed E-state index contributed by atoms with van der Waals surface area (Å²) in [7, 11) is 0. The highest BCUT2D eigenvalue weighted by molar-refractivity contribution is 7.71. The fraction of sp³-hybridized carbons (Fsp3) is 0.500. The third-order valence-electron chi connectivity index (χ3n) is 3.66. The highest BCUT2D eigenvalue weighted by Gasteiger charge is 2.36. The lowest BCUT2D eigenvalue weighted by atomic mass is 10.3. The van der Waals surface area contributed by atoms with Crippen molar-refractivity contribution in [1.82, 2.24) is 19.5 Å². The van der Waals surface area contributed by atoms with Crippen molar-refractivity contribution in [2.75, 3.05) is 0 Å². The molecule has 1 aliphatic carbocycles. The van der Waals surface area contributed by atoms with E-state index in [-0.39, 0.29) is 10.0 Å². The van der Waals surface area contributed by atoms with Crippen LogP contribution in [-0.2, 0) is 6.54 Å². The summed E-state index contributed by atoms with van der Waals surface area (Å²) in [5.74, 6) is 1.70. The zero-order valence-electron chi connectivity index (χ0n) is 10.7. The maximum atomic E-state index is 11.9. The molecule has 0 saturated heterocycles. The minimum absolute atomic E-state index is 0.256. The summed E-state index contributed by atoms with van der Waals surface area (Å²) in [5.41, 5.74) is -0.425. The predicted octanol–water partition coefficient (Wildman–Crippen LogP) is 1.29. The standard InChI is InChI=1S/C12H14N4O2S/c1-3-16-9-7(10(17)15-12(16)18)11(19)14-8(13-9)6-4-5(6)2/h5-6H,3-4H2,1-2H3,(H,13,14,19)(H,15,17,18). The summed E-state index contributed by atoms with van der Waals surface area (Å²) in [6, 6.07) is 0. The first kappa shape index (κ1) is 12.3. The maximum absolute atomic E-state index is 11.9. The highest BCUT2D eigenvalue weighted by Crippen LogP contribution is 2.45. The van der Waals surface area contributed by atoms with Gasteiger partial charge >= 0.3 is 5.69 Å². The van der Waals surface area contributed by atoms with Gasteiger partial charge in [-0.1, -0.05) is 19.1 Å². The average Bonchev–Trinajstić information content (AvgIpc) is 3.05. The Hall–Kier alpha value is -1.76. The van der Waals surface area contributed by atoms with Crippen LogP contribution in [0.4, 0.5) is 0 Å². The average molecular weight is 278 g/mol. The number of hydrogen-bond donors (Lipinski definition) is 2. The Morgan fingerprint density at radius 3 is 2.68 bits per heavy atom. The Morgan fingerprint density at radius 2 is 2.11 bits per heavy atom. The molecule has 7 heteroatoms. The van der Waals surface area contributed by atoms with Crippen LogP contribution < -0.4 is 11.2 Å². The molecule has 6 nitrogen and oxygen atoms in total. The van der Waals surface area contributed by atoms with E-state index in [1.165, 1.54) is 4.57 Å². The van der Waals surface area contributed by atoms with E-state index in [0.29, 0.717) is 24.0 Å². The van der Waals surface area contributed by atoms with E-state index in [9.17, 15) is 9.59 Å². The first-order chi connectivity index (χ1) is 9.02. The molecule has 19 heavy (non-hydrogen) atoms. The monoisotopic (exact) mass is 278 g/mol. The predicted molar refractivity (Wildman–Crippen MR) is 74.0 cm³/mol. The first-order valence-corrected chi connectivity index (χ1v) is 6.70.